The lowest BCUT2D eigenvalue weighted by atomic mass is 10.0. The molecular weight excluding hydrogens is 374 g/mol. The first-order valence-corrected chi connectivity index (χ1v) is 10.7. The topological polar surface area (TPSA) is 50.5 Å². The van der Waals surface area contributed by atoms with E-state index in [-0.39, 0.29) is 12.0 Å². The lowest BCUT2D eigenvalue weighted by Crippen LogP contribution is -2.35. The molecular formula is C25H33N3O2. The predicted octanol–water partition coefficient (Wildman–Crippen LogP) is 5.11. The number of aryl methyl sites for hydroxylation is 1. The van der Waals surface area contributed by atoms with Crippen LogP contribution in [-0.4, -0.2) is 39.0 Å². The van der Waals surface area contributed by atoms with Crippen molar-refractivity contribution in [3.63, 3.8) is 0 Å². The third kappa shape index (κ3) is 5.49. The van der Waals surface area contributed by atoms with Crippen molar-refractivity contribution < 1.29 is 9.84 Å². The number of aromatic nitrogens is 2. The van der Waals surface area contributed by atoms with Crippen molar-refractivity contribution >= 4 is 0 Å². The predicted molar refractivity (Wildman–Crippen MR) is 122 cm³/mol. The van der Waals surface area contributed by atoms with E-state index in [0.717, 1.165) is 41.4 Å². The molecule has 1 heterocycles. The zero-order chi connectivity index (χ0) is 21.5. The SMILES string of the molecule is CCCN(Cc1c(-c2ccccc2)nn(C)c1Oc1ccccc1)C[C@H](O)C(C)C. The average molecular weight is 408 g/mol. The van der Waals surface area contributed by atoms with Gasteiger partial charge in [-0.15, -0.1) is 0 Å². The first-order chi connectivity index (χ1) is 14.5. The number of nitrogens with zero attached hydrogens (tertiary/aromatic N) is 3. The van der Waals surface area contributed by atoms with Crippen molar-refractivity contribution in [1.82, 2.24) is 14.7 Å². The summed E-state index contributed by atoms with van der Waals surface area (Å²) in [5, 5.41) is 15.3. The average Bonchev–Trinajstić information content (AvgIpc) is 3.05. The zero-order valence-corrected chi connectivity index (χ0v) is 18.5. The van der Waals surface area contributed by atoms with Crippen molar-refractivity contribution in [3.05, 3.63) is 66.2 Å². The summed E-state index contributed by atoms with van der Waals surface area (Å²) >= 11 is 0. The molecule has 3 aromatic rings. The largest absolute Gasteiger partial charge is 0.439 e. The van der Waals surface area contributed by atoms with Gasteiger partial charge in [0.05, 0.1) is 11.7 Å². The molecule has 0 saturated heterocycles. The van der Waals surface area contributed by atoms with Crippen molar-refractivity contribution in [2.24, 2.45) is 13.0 Å². The van der Waals surface area contributed by atoms with E-state index < -0.39 is 0 Å². The summed E-state index contributed by atoms with van der Waals surface area (Å²) in [7, 11) is 1.92. The summed E-state index contributed by atoms with van der Waals surface area (Å²) in [6, 6.07) is 20.0. The van der Waals surface area contributed by atoms with Crippen LogP contribution in [0.3, 0.4) is 0 Å². The van der Waals surface area contributed by atoms with Gasteiger partial charge in [-0.1, -0.05) is 69.3 Å². The van der Waals surface area contributed by atoms with Gasteiger partial charge < -0.3 is 9.84 Å². The molecule has 5 nitrogen and oxygen atoms in total. The van der Waals surface area contributed by atoms with E-state index in [0.29, 0.717) is 13.1 Å². The number of benzene rings is 2. The molecule has 0 amide bonds. The molecule has 1 N–H and O–H groups in total. The third-order valence-corrected chi connectivity index (χ3v) is 5.23. The maximum atomic E-state index is 10.5. The number of hydrogen-bond acceptors (Lipinski definition) is 4. The molecule has 0 radical (unpaired) electrons. The van der Waals surface area contributed by atoms with Crippen molar-refractivity contribution in [2.75, 3.05) is 13.1 Å². The Bertz CT molecular complexity index is 907. The van der Waals surface area contributed by atoms with E-state index in [9.17, 15) is 5.11 Å². The highest BCUT2D eigenvalue weighted by atomic mass is 16.5. The van der Waals surface area contributed by atoms with E-state index in [1.165, 1.54) is 0 Å². The van der Waals surface area contributed by atoms with Crippen LogP contribution in [-0.2, 0) is 13.6 Å². The number of para-hydroxylation sites is 1. The van der Waals surface area contributed by atoms with Gasteiger partial charge in [0.2, 0.25) is 5.88 Å². The van der Waals surface area contributed by atoms with Crippen LogP contribution in [0.4, 0.5) is 0 Å². The van der Waals surface area contributed by atoms with E-state index >= 15 is 0 Å². The van der Waals surface area contributed by atoms with Crippen LogP contribution in [0.15, 0.2) is 60.7 Å². The van der Waals surface area contributed by atoms with E-state index in [2.05, 4.69) is 37.8 Å². The minimum atomic E-state index is -0.369. The third-order valence-electron chi connectivity index (χ3n) is 5.23. The fourth-order valence-corrected chi connectivity index (χ4v) is 3.50. The van der Waals surface area contributed by atoms with Crippen molar-refractivity contribution in [2.45, 2.75) is 39.8 Å². The summed E-state index contributed by atoms with van der Waals surface area (Å²) in [4.78, 5) is 2.30. The van der Waals surface area contributed by atoms with Crippen LogP contribution in [0, 0.1) is 5.92 Å². The molecule has 30 heavy (non-hydrogen) atoms. The first kappa shape index (κ1) is 22.1. The number of ether oxygens (including phenoxy) is 1. The Labute approximate surface area is 179 Å². The molecule has 0 bridgehead atoms. The monoisotopic (exact) mass is 407 g/mol. The summed E-state index contributed by atoms with van der Waals surface area (Å²) in [5.41, 5.74) is 3.02. The summed E-state index contributed by atoms with van der Waals surface area (Å²) in [6.07, 6.45) is 0.646. The molecule has 1 aromatic heterocycles. The Kier molecular flexibility index (Phi) is 7.66. The Morgan fingerprint density at radius 1 is 1.03 bits per heavy atom. The lowest BCUT2D eigenvalue weighted by molar-refractivity contribution is 0.0729. The maximum absolute atomic E-state index is 10.5. The molecule has 0 aliphatic rings. The van der Waals surface area contributed by atoms with Gasteiger partial charge in [0, 0.05) is 25.7 Å². The van der Waals surface area contributed by atoms with Gasteiger partial charge in [0.1, 0.15) is 11.4 Å². The van der Waals surface area contributed by atoms with Crippen LogP contribution in [0.25, 0.3) is 11.3 Å². The van der Waals surface area contributed by atoms with Crippen LogP contribution in [0.2, 0.25) is 0 Å². The van der Waals surface area contributed by atoms with Crippen LogP contribution in [0.1, 0.15) is 32.8 Å². The molecule has 0 aliphatic carbocycles. The number of aliphatic hydroxyl groups is 1. The number of aliphatic hydroxyl groups excluding tert-OH is 1. The molecule has 0 unspecified atom stereocenters. The highest BCUT2D eigenvalue weighted by molar-refractivity contribution is 5.65. The molecule has 0 spiro atoms. The smallest absolute Gasteiger partial charge is 0.222 e. The minimum Gasteiger partial charge on any atom is -0.439 e. The zero-order valence-electron chi connectivity index (χ0n) is 18.5. The number of hydrogen-bond donors (Lipinski definition) is 1. The maximum Gasteiger partial charge on any atom is 0.222 e. The van der Waals surface area contributed by atoms with Gasteiger partial charge in [0.25, 0.3) is 0 Å². The second-order valence-corrected chi connectivity index (χ2v) is 8.08. The Morgan fingerprint density at radius 2 is 1.67 bits per heavy atom. The second kappa shape index (κ2) is 10.4. The Morgan fingerprint density at radius 3 is 2.27 bits per heavy atom. The quantitative estimate of drug-likeness (QED) is 0.507. The van der Waals surface area contributed by atoms with Crippen molar-refractivity contribution in [1.29, 1.82) is 0 Å². The first-order valence-electron chi connectivity index (χ1n) is 10.7. The summed E-state index contributed by atoms with van der Waals surface area (Å²) < 4.78 is 8.10. The molecule has 1 atom stereocenters. The van der Waals surface area contributed by atoms with Gasteiger partial charge in [0.15, 0.2) is 0 Å². The standard InChI is InChI=1S/C25H33N3O2/c1-5-16-28(18-23(29)19(2)3)17-22-24(20-12-8-6-9-13-20)26-27(4)25(22)30-21-14-10-7-11-15-21/h6-15,19,23,29H,5,16-18H2,1-4H3/t23-/m0/s1. The molecule has 2 aromatic carbocycles. The number of rotatable bonds is 10. The van der Waals surface area contributed by atoms with E-state index in [1.54, 1.807) is 0 Å². The summed E-state index contributed by atoms with van der Waals surface area (Å²) in [5.74, 6) is 1.73. The molecule has 5 heteroatoms. The lowest BCUT2D eigenvalue weighted by Gasteiger charge is -2.26. The second-order valence-electron chi connectivity index (χ2n) is 8.08. The highest BCUT2D eigenvalue weighted by Gasteiger charge is 2.23. The molecule has 0 saturated carbocycles. The van der Waals surface area contributed by atoms with Crippen LogP contribution >= 0.6 is 0 Å². The minimum absolute atomic E-state index is 0.215. The molecule has 3 rings (SSSR count). The molecule has 0 aliphatic heterocycles. The van der Waals surface area contributed by atoms with Crippen LogP contribution < -0.4 is 4.74 Å². The van der Waals surface area contributed by atoms with Crippen molar-refractivity contribution in [3.8, 4) is 22.9 Å². The fourth-order valence-electron chi connectivity index (χ4n) is 3.50. The van der Waals surface area contributed by atoms with E-state index in [1.807, 2.05) is 60.3 Å². The molecule has 0 fully saturated rings. The molecule has 160 valence electrons. The van der Waals surface area contributed by atoms with Gasteiger partial charge >= 0.3 is 0 Å². The Hall–Kier alpha value is -2.63. The normalized spacial score (nSPS) is 12.5. The van der Waals surface area contributed by atoms with Gasteiger partial charge in [-0.2, -0.15) is 5.10 Å². The summed E-state index contributed by atoms with van der Waals surface area (Å²) in [6.45, 7) is 8.46. The van der Waals surface area contributed by atoms with E-state index in [4.69, 9.17) is 9.84 Å². The highest BCUT2D eigenvalue weighted by Crippen LogP contribution is 2.34. The Balaban J connectivity index is 2.00. The van der Waals surface area contributed by atoms with Gasteiger partial charge in [-0.3, -0.25) is 4.90 Å². The van der Waals surface area contributed by atoms with Gasteiger partial charge in [-0.05, 0) is 31.0 Å². The fraction of sp³-hybridized carbons (Fsp3) is 0.400. The van der Waals surface area contributed by atoms with Crippen LogP contribution in [0.5, 0.6) is 11.6 Å². The van der Waals surface area contributed by atoms with Gasteiger partial charge in [-0.25, -0.2) is 4.68 Å².